The Hall–Kier alpha value is -3.02. The van der Waals surface area contributed by atoms with Crippen LogP contribution >= 0.6 is 0 Å². The van der Waals surface area contributed by atoms with Crippen molar-refractivity contribution in [2.24, 2.45) is 0 Å². The molecule has 3 N–H and O–H groups in total. The summed E-state index contributed by atoms with van der Waals surface area (Å²) in [4.78, 5) is 28.8. The van der Waals surface area contributed by atoms with E-state index in [2.05, 4.69) is 5.32 Å². The van der Waals surface area contributed by atoms with Crippen LogP contribution in [0.2, 0.25) is 0 Å². The lowest BCUT2D eigenvalue weighted by atomic mass is 9.79. The van der Waals surface area contributed by atoms with Crippen LogP contribution < -0.4 is 15.8 Å². The van der Waals surface area contributed by atoms with E-state index >= 15 is 0 Å². The number of nitrogen functional groups attached to an aromatic ring is 1. The summed E-state index contributed by atoms with van der Waals surface area (Å²) in [6.45, 7) is 4.38. The molecule has 0 saturated heterocycles. The first-order valence-electron chi connectivity index (χ1n) is 10.5. The highest BCUT2D eigenvalue weighted by atomic mass is 16.5. The molecule has 2 aliphatic rings. The van der Waals surface area contributed by atoms with Crippen LogP contribution in [0.15, 0.2) is 30.3 Å². The Kier molecular flexibility index (Phi) is 5.18. The van der Waals surface area contributed by atoms with Crippen molar-refractivity contribution in [1.82, 2.24) is 4.90 Å². The van der Waals surface area contributed by atoms with Gasteiger partial charge in [-0.3, -0.25) is 9.59 Å². The molecule has 1 aliphatic carbocycles. The summed E-state index contributed by atoms with van der Waals surface area (Å²) in [5.74, 6) is 0.500. The monoisotopic (exact) mass is 407 g/mol. The van der Waals surface area contributed by atoms with Crippen LogP contribution in [0.5, 0.6) is 5.75 Å². The zero-order valence-corrected chi connectivity index (χ0v) is 17.9. The third kappa shape index (κ3) is 3.30. The van der Waals surface area contributed by atoms with E-state index in [0.29, 0.717) is 36.3 Å². The van der Waals surface area contributed by atoms with E-state index in [0.717, 1.165) is 41.7 Å². The van der Waals surface area contributed by atoms with Crippen molar-refractivity contribution in [1.29, 1.82) is 0 Å². The molecular weight excluding hydrogens is 378 g/mol. The number of hydrogen-bond acceptors (Lipinski definition) is 4. The molecule has 30 heavy (non-hydrogen) atoms. The van der Waals surface area contributed by atoms with Gasteiger partial charge in [-0.05, 0) is 61.6 Å². The number of hydrogen-bond donors (Lipinski definition) is 2. The lowest BCUT2D eigenvalue weighted by molar-refractivity contribution is -0.129. The highest BCUT2D eigenvalue weighted by Gasteiger charge is 2.50. The Labute approximate surface area is 177 Å². The summed E-state index contributed by atoms with van der Waals surface area (Å²) in [6, 6.07) is 9.25. The van der Waals surface area contributed by atoms with E-state index in [1.807, 2.05) is 38.1 Å². The molecule has 4 rings (SSSR count). The molecule has 2 amide bonds. The average molecular weight is 408 g/mol. The van der Waals surface area contributed by atoms with Crippen LogP contribution in [0, 0.1) is 13.8 Å². The van der Waals surface area contributed by atoms with Crippen LogP contribution in [-0.4, -0.2) is 29.4 Å². The predicted octanol–water partition coefficient (Wildman–Crippen LogP) is 4.19. The van der Waals surface area contributed by atoms with E-state index in [1.54, 1.807) is 18.1 Å². The van der Waals surface area contributed by atoms with Gasteiger partial charge in [-0.15, -0.1) is 0 Å². The van der Waals surface area contributed by atoms with Gasteiger partial charge in [0.1, 0.15) is 11.3 Å². The molecule has 0 radical (unpaired) electrons. The minimum Gasteiger partial charge on any atom is -0.496 e. The first-order valence-corrected chi connectivity index (χ1v) is 10.5. The Bertz CT molecular complexity index is 1010. The van der Waals surface area contributed by atoms with Gasteiger partial charge in [0.05, 0.1) is 7.11 Å². The van der Waals surface area contributed by atoms with Crippen molar-refractivity contribution in [3.8, 4) is 5.75 Å². The highest BCUT2D eigenvalue weighted by molar-refractivity contribution is 6.06. The van der Waals surface area contributed by atoms with Crippen molar-refractivity contribution < 1.29 is 14.3 Å². The van der Waals surface area contributed by atoms with Crippen LogP contribution in [0.4, 0.5) is 11.4 Å². The largest absolute Gasteiger partial charge is 0.496 e. The highest BCUT2D eigenvalue weighted by Crippen LogP contribution is 2.41. The zero-order chi connectivity index (χ0) is 21.5. The quantitative estimate of drug-likeness (QED) is 0.744. The van der Waals surface area contributed by atoms with Crippen molar-refractivity contribution in [3.05, 3.63) is 52.6 Å². The third-order valence-electron chi connectivity index (χ3n) is 6.57. The number of anilines is 2. The van der Waals surface area contributed by atoms with Crippen LogP contribution in [0.3, 0.4) is 0 Å². The van der Waals surface area contributed by atoms with Crippen LogP contribution in [-0.2, 0) is 11.3 Å². The molecule has 0 atom stereocenters. The predicted molar refractivity (Wildman–Crippen MR) is 118 cm³/mol. The molecule has 1 aliphatic heterocycles. The van der Waals surface area contributed by atoms with Gasteiger partial charge in [-0.1, -0.05) is 25.3 Å². The van der Waals surface area contributed by atoms with Gasteiger partial charge in [0.15, 0.2) is 0 Å². The second-order valence-electron chi connectivity index (χ2n) is 8.49. The summed E-state index contributed by atoms with van der Waals surface area (Å²) in [6.07, 6.45) is 4.25. The molecule has 2 aromatic carbocycles. The molecular formula is C24H29N3O3. The molecule has 6 heteroatoms. The van der Waals surface area contributed by atoms with E-state index in [9.17, 15) is 9.59 Å². The van der Waals surface area contributed by atoms with E-state index in [-0.39, 0.29) is 11.8 Å². The second-order valence-corrected chi connectivity index (χ2v) is 8.49. The standard InChI is InChI=1S/C24H29N3O3/c1-15-7-8-18(13-21(15)30-3)26-23(29)24(9-5-4-6-10-24)27-14-20-16(2)11-17(25)12-19(20)22(27)28/h7-8,11-13H,4-6,9-10,14,25H2,1-3H3,(H,26,29). The summed E-state index contributed by atoms with van der Waals surface area (Å²) in [5, 5.41) is 3.07. The van der Waals surface area contributed by atoms with Crippen LogP contribution in [0.25, 0.3) is 0 Å². The lowest BCUT2D eigenvalue weighted by Crippen LogP contribution is -2.58. The normalized spacial score (nSPS) is 17.6. The first kappa shape index (κ1) is 20.3. The Morgan fingerprint density at radius 2 is 1.83 bits per heavy atom. The maximum atomic E-state index is 13.6. The molecule has 158 valence electrons. The summed E-state index contributed by atoms with van der Waals surface area (Å²) in [5.41, 5.74) is 9.99. The van der Waals surface area contributed by atoms with Gasteiger partial charge in [-0.25, -0.2) is 0 Å². The number of nitrogens with one attached hydrogen (secondary N) is 1. The van der Waals surface area contributed by atoms with Crippen LogP contribution in [0.1, 0.15) is 59.2 Å². The van der Waals surface area contributed by atoms with Gasteiger partial charge in [0, 0.05) is 29.5 Å². The third-order valence-corrected chi connectivity index (χ3v) is 6.57. The molecule has 0 aromatic heterocycles. The van der Waals surface area contributed by atoms with Crippen molar-refractivity contribution in [2.45, 2.75) is 58.0 Å². The molecule has 0 unspecified atom stereocenters. The summed E-state index contributed by atoms with van der Waals surface area (Å²) < 4.78 is 5.39. The first-order chi connectivity index (χ1) is 14.4. The Morgan fingerprint density at radius 1 is 1.10 bits per heavy atom. The van der Waals surface area contributed by atoms with Gasteiger partial charge in [-0.2, -0.15) is 0 Å². The molecule has 0 bridgehead atoms. The minimum atomic E-state index is -0.853. The number of carbonyl (C=O) groups is 2. The molecule has 2 aromatic rings. The fraction of sp³-hybridized carbons (Fsp3) is 0.417. The van der Waals surface area contributed by atoms with Gasteiger partial charge in [0.25, 0.3) is 5.91 Å². The number of aryl methyl sites for hydroxylation is 2. The number of ether oxygens (including phenoxy) is 1. The Balaban J connectivity index is 1.68. The molecule has 1 fully saturated rings. The zero-order valence-electron chi connectivity index (χ0n) is 17.9. The maximum absolute atomic E-state index is 13.6. The number of nitrogens with two attached hydrogens (primary N) is 1. The molecule has 1 saturated carbocycles. The number of amides is 2. The van der Waals surface area contributed by atoms with E-state index < -0.39 is 5.54 Å². The van der Waals surface area contributed by atoms with E-state index in [4.69, 9.17) is 10.5 Å². The number of nitrogens with zero attached hydrogens (tertiary/aromatic N) is 1. The van der Waals surface area contributed by atoms with Crippen molar-refractivity contribution in [3.63, 3.8) is 0 Å². The van der Waals surface area contributed by atoms with Crippen molar-refractivity contribution in [2.75, 3.05) is 18.2 Å². The topological polar surface area (TPSA) is 84.7 Å². The number of fused-ring (bicyclic) bond motifs is 1. The maximum Gasteiger partial charge on any atom is 0.255 e. The van der Waals surface area contributed by atoms with Gasteiger partial charge >= 0.3 is 0 Å². The fourth-order valence-corrected chi connectivity index (χ4v) is 4.87. The minimum absolute atomic E-state index is 0.0982. The second kappa shape index (κ2) is 7.67. The number of methoxy groups -OCH3 is 1. The fourth-order valence-electron chi connectivity index (χ4n) is 4.87. The van der Waals surface area contributed by atoms with Gasteiger partial charge in [0.2, 0.25) is 5.91 Å². The average Bonchev–Trinajstić information content (AvgIpc) is 3.07. The van der Waals surface area contributed by atoms with E-state index in [1.165, 1.54) is 0 Å². The SMILES string of the molecule is COc1cc(NC(=O)C2(N3Cc4c(C)cc(N)cc4C3=O)CCCCC2)ccc1C. The molecule has 1 heterocycles. The smallest absolute Gasteiger partial charge is 0.255 e. The lowest BCUT2D eigenvalue weighted by Gasteiger charge is -2.43. The summed E-state index contributed by atoms with van der Waals surface area (Å²) >= 11 is 0. The number of carbonyl (C=O) groups excluding carboxylic acids is 2. The van der Waals surface area contributed by atoms with Crippen molar-refractivity contribution >= 4 is 23.2 Å². The van der Waals surface area contributed by atoms with Gasteiger partial charge < -0.3 is 20.7 Å². The number of rotatable bonds is 4. The summed E-state index contributed by atoms with van der Waals surface area (Å²) in [7, 11) is 1.62. The number of benzene rings is 2. The molecule has 6 nitrogen and oxygen atoms in total. The Morgan fingerprint density at radius 3 is 2.53 bits per heavy atom. The molecule has 0 spiro atoms.